The molecule has 1 aromatic heterocycles. The van der Waals surface area contributed by atoms with Crippen molar-refractivity contribution in [1.29, 1.82) is 0 Å². The Balaban J connectivity index is 0.00000408. The van der Waals surface area contributed by atoms with Gasteiger partial charge in [0.15, 0.2) is 11.5 Å². The van der Waals surface area contributed by atoms with E-state index in [9.17, 15) is 4.79 Å². The van der Waals surface area contributed by atoms with Crippen molar-refractivity contribution in [2.24, 2.45) is 11.7 Å². The van der Waals surface area contributed by atoms with Gasteiger partial charge in [0.1, 0.15) is 23.5 Å². The van der Waals surface area contributed by atoms with Crippen molar-refractivity contribution in [1.82, 2.24) is 5.16 Å². The van der Waals surface area contributed by atoms with Crippen molar-refractivity contribution in [3.8, 4) is 39.6 Å². The van der Waals surface area contributed by atoms with Crippen molar-refractivity contribution in [3.05, 3.63) is 47.7 Å². The molecule has 1 atom stereocenters. The average molecular weight is 489 g/mol. The van der Waals surface area contributed by atoms with Gasteiger partial charge in [-0.2, -0.15) is 0 Å². The lowest BCUT2D eigenvalue weighted by molar-refractivity contribution is -0.119. The van der Waals surface area contributed by atoms with E-state index in [4.69, 9.17) is 24.5 Å². The van der Waals surface area contributed by atoms with Crippen LogP contribution in [-0.4, -0.2) is 38.3 Å². The van der Waals surface area contributed by atoms with Crippen molar-refractivity contribution < 1.29 is 23.5 Å². The summed E-state index contributed by atoms with van der Waals surface area (Å²) in [6, 6.07) is 9.41. The molecule has 3 rings (SSSR count). The summed E-state index contributed by atoms with van der Waals surface area (Å²) in [6.45, 7) is 5.98. The first kappa shape index (κ1) is 27.2. The van der Waals surface area contributed by atoms with Gasteiger partial charge in [-0.1, -0.05) is 25.1 Å². The Bertz CT molecular complexity index is 1130. The number of halogens is 1. The zero-order valence-electron chi connectivity index (χ0n) is 20.5. The first-order chi connectivity index (χ1) is 15.8. The average Bonchev–Trinajstić information content (AvgIpc) is 3.28. The minimum Gasteiger partial charge on any atom is -0.496 e. The normalized spacial score (nSPS) is 11.6. The third kappa shape index (κ3) is 5.90. The van der Waals surface area contributed by atoms with Crippen LogP contribution in [0.3, 0.4) is 0 Å². The minimum absolute atomic E-state index is 0. The van der Waals surface area contributed by atoms with E-state index in [1.165, 1.54) is 0 Å². The largest absolute Gasteiger partial charge is 0.496 e. The Morgan fingerprint density at radius 1 is 1.03 bits per heavy atom. The van der Waals surface area contributed by atoms with Crippen LogP contribution in [0.1, 0.15) is 31.4 Å². The second kappa shape index (κ2) is 11.9. The van der Waals surface area contributed by atoms with Gasteiger partial charge in [0, 0.05) is 35.6 Å². The van der Waals surface area contributed by atoms with Crippen molar-refractivity contribution in [3.63, 3.8) is 0 Å². The van der Waals surface area contributed by atoms with Gasteiger partial charge >= 0.3 is 0 Å². The fraction of sp³-hybridized carbons (Fsp3) is 0.385. The SMILES string of the molecule is COc1ccc(-c2conc2-c2cc(C)c(OC)c(OC)c2)cc1CC(=O)CC(N)C(C)C.Cl. The molecule has 0 fully saturated rings. The molecule has 8 heteroatoms. The first-order valence-electron chi connectivity index (χ1n) is 10.9. The van der Waals surface area contributed by atoms with Crippen molar-refractivity contribution in [2.45, 2.75) is 39.7 Å². The number of carbonyl (C=O) groups excluding carboxylic acids is 1. The van der Waals surface area contributed by atoms with Gasteiger partial charge in [-0.3, -0.25) is 4.79 Å². The number of rotatable bonds is 10. The highest BCUT2D eigenvalue weighted by molar-refractivity contribution is 5.86. The van der Waals surface area contributed by atoms with Crippen LogP contribution >= 0.6 is 12.4 Å². The topological polar surface area (TPSA) is 96.8 Å². The summed E-state index contributed by atoms with van der Waals surface area (Å²) in [6.07, 6.45) is 2.17. The lowest BCUT2D eigenvalue weighted by Crippen LogP contribution is -2.29. The first-order valence-corrected chi connectivity index (χ1v) is 10.9. The summed E-state index contributed by atoms with van der Waals surface area (Å²) in [4.78, 5) is 12.7. The number of nitrogens with two attached hydrogens (primary N) is 1. The van der Waals surface area contributed by atoms with Gasteiger partial charge in [-0.25, -0.2) is 0 Å². The molecule has 0 spiro atoms. The highest BCUT2D eigenvalue weighted by atomic mass is 35.5. The lowest BCUT2D eigenvalue weighted by atomic mass is 9.94. The van der Waals surface area contributed by atoms with Crippen molar-refractivity contribution >= 4 is 18.2 Å². The number of carbonyl (C=O) groups is 1. The van der Waals surface area contributed by atoms with Crippen LogP contribution in [0.25, 0.3) is 22.4 Å². The molecule has 0 radical (unpaired) electrons. The molecule has 0 aliphatic rings. The van der Waals surface area contributed by atoms with E-state index in [-0.39, 0.29) is 36.6 Å². The van der Waals surface area contributed by atoms with Crippen LogP contribution in [0.4, 0.5) is 0 Å². The zero-order valence-corrected chi connectivity index (χ0v) is 21.3. The van der Waals surface area contributed by atoms with E-state index in [2.05, 4.69) is 5.16 Å². The summed E-state index contributed by atoms with van der Waals surface area (Å²) in [5.41, 5.74) is 11.0. The number of ketones is 1. The van der Waals surface area contributed by atoms with E-state index in [1.54, 1.807) is 27.6 Å². The number of nitrogens with zero attached hydrogens (tertiary/aromatic N) is 1. The van der Waals surface area contributed by atoms with Gasteiger partial charge in [0.25, 0.3) is 0 Å². The van der Waals surface area contributed by atoms with Crippen molar-refractivity contribution in [2.75, 3.05) is 21.3 Å². The van der Waals surface area contributed by atoms with E-state index < -0.39 is 0 Å². The quantitative estimate of drug-likeness (QED) is 0.416. The molecule has 3 aromatic rings. The second-order valence-electron chi connectivity index (χ2n) is 8.46. The molecule has 7 nitrogen and oxygen atoms in total. The van der Waals surface area contributed by atoms with Crippen LogP contribution < -0.4 is 19.9 Å². The summed E-state index contributed by atoms with van der Waals surface area (Å²) < 4.78 is 21.8. The molecular weight excluding hydrogens is 456 g/mol. The van der Waals surface area contributed by atoms with Crippen LogP contribution in [0.5, 0.6) is 17.2 Å². The minimum atomic E-state index is -0.162. The maximum absolute atomic E-state index is 12.7. The Labute approximate surface area is 207 Å². The molecular formula is C26H33ClN2O5. The number of hydrogen-bond acceptors (Lipinski definition) is 7. The Hall–Kier alpha value is -3.03. The van der Waals surface area contributed by atoms with Crippen LogP contribution in [0.2, 0.25) is 0 Å². The maximum atomic E-state index is 12.7. The number of aryl methyl sites for hydroxylation is 1. The zero-order chi connectivity index (χ0) is 24.1. The van der Waals surface area contributed by atoms with Crippen LogP contribution in [0.15, 0.2) is 41.1 Å². The number of methoxy groups -OCH3 is 3. The maximum Gasteiger partial charge on any atom is 0.163 e. The van der Waals surface area contributed by atoms with Gasteiger partial charge in [0.05, 0.1) is 21.3 Å². The summed E-state index contributed by atoms with van der Waals surface area (Å²) in [7, 11) is 4.81. The Kier molecular flexibility index (Phi) is 9.53. The molecule has 2 N–H and O–H groups in total. The van der Waals surface area contributed by atoms with Gasteiger partial charge < -0.3 is 24.5 Å². The molecule has 1 heterocycles. The molecule has 2 aromatic carbocycles. The van der Waals surface area contributed by atoms with E-state index in [0.717, 1.165) is 27.8 Å². The summed E-state index contributed by atoms with van der Waals surface area (Å²) in [5, 5.41) is 4.24. The van der Waals surface area contributed by atoms with Crippen LogP contribution in [0, 0.1) is 12.8 Å². The highest BCUT2D eigenvalue weighted by Gasteiger charge is 2.20. The monoisotopic (exact) mass is 488 g/mol. The predicted octanol–water partition coefficient (Wildman–Crippen LogP) is 5.25. The lowest BCUT2D eigenvalue weighted by Gasteiger charge is -2.15. The Morgan fingerprint density at radius 2 is 1.74 bits per heavy atom. The van der Waals surface area contributed by atoms with E-state index >= 15 is 0 Å². The predicted molar refractivity (Wildman–Crippen MR) is 135 cm³/mol. The molecule has 0 aliphatic carbocycles. The molecule has 0 aliphatic heterocycles. The molecule has 0 amide bonds. The molecule has 0 saturated heterocycles. The molecule has 34 heavy (non-hydrogen) atoms. The molecule has 1 unspecified atom stereocenters. The van der Waals surface area contributed by atoms with Gasteiger partial charge in [0.2, 0.25) is 0 Å². The number of hydrogen-bond donors (Lipinski definition) is 1. The standard InChI is InChI=1S/C26H32N2O5.ClH/c1-15(2)22(27)13-20(29)11-18-10-17(7-8-23(18)30-4)21-14-33-28-25(21)19-9-16(3)26(32-6)24(12-19)31-5;/h7-10,12,14-15,22H,11,13,27H2,1-6H3;1H. The van der Waals surface area contributed by atoms with E-state index in [1.807, 2.05) is 51.1 Å². The molecule has 184 valence electrons. The van der Waals surface area contributed by atoms with Crippen LogP contribution in [-0.2, 0) is 11.2 Å². The second-order valence-corrected chi connectivity index (χ2v) is 8.46. The summed E-state index contributed by atoms with van der Waals surface area (Å²) in [5.74, 6) is 2.27. The smallest absolute Gasteiger partial charge is 0.163 e. The number of Topliss-reactive ketones (excluding diaryl/α,β-unsaturated/α-hetero) is 1. The Morgan fingerprint density at radius 3 is 2.35 bits per heavy atom. The number of aromatic nitrogens is 1. The summed E-state index contributed by atoms with van der Waals surface area (Å²) >= 11 is 0. The molecule has 0 bridgehead atoms. The van der Waals surface area contributed by atoms with Gasteiger partial charge in [-0.05, 0) is 48.2 Å². The molecule has 0 saturated carbocycles. The van der Waals surface area contributed by atoms with E-state index in [0.29, 0.717) is 29.4 Å². The third-order valence-electron chi connectivity index (χ3n) is 5.81. The number of benzene rings is 2. The fourth-order valence-electron chi connectivity index (χ4n) is 3.81. The van der Waals surface area contributed by atoms with Gasteiger partial charge in [-0.15, -0.1) is 12.4 Å². The highest BCUT2D eigenvalue weighted by Crippen LogP contribution is 2.39. The number of ether oxygens (including phenoxy) is 3. The third-order valence-corrected chi connectivity index (χ3v) is 5.81. The fourth-order valence-corrected chi connectivity index (χ4v) is 3.81.